The largest absolute Gasteiger partial charge is 0.497 e. The van der Waals surface area contributed by atoms with Crippen molar-refractivity contribution in [2.45, 2.75) is 13.5 Å². The molecule has 116 valence electrons. The maximum absolute atomic E-state index is 11.2. The summed E-state index contributed by atoms with van der Waals surface area (Å²) in [4.78, 5) is 11.2. The highest BCUT2D eigenvalue weighted by Crippen LogP contribution is 2.26. The molecule has 0 aliphatic heterocycles. The van der Waals surface area contributed by atoms with Crippen molar-refractivity contribution in [3.05, 3.63) is 53.1 Å². The molecule has 0 aliphatic carbocycles. The van der Waals surface area contributed by atoms with E-state index in [4.69, 9.17) is 14.6 Å². The highest BCUT2D eigenvalue weighted by molar-refractivity contribution is 5.91. The van der Waals surface area contributed by atoms with Gasteiger partial charge >= 0.3 is 5.97 Å². The fourth-order valence-corrected chi connectivity index (χ4v) is 2.25. The van der Waals surface area contributed by atoms with Crippen LogP contribution in [-0.4, -0.2) is 25.3 Å². The fourth-order valence-electron chi connectivity index (χ4n) is 2.25. The Morgan fingerprint density at radius 3 is 2.59 bits per heavy atom. The fraction of sp³-hybridized carbons (Fsp3) is 0.235. The molecule has 2 aromatic carbocycles. The van der Waals surface area contributed by atoms with Crippen LogP contribution in [0.4, 0.5) is 5.69 Å². The van der Waals surface area contributed by atoms with Crippen LogP contribution in [0.25, 0.3) is 0 Å². The number of benzene rings is 2. The summed E-state index contributed by atoms with van der Waals surface area (Å²) < 4.78 is 10.5. The van der Waals surface area contributed by atoms with E-state index in [0.717, 1.165) is 22.7 Å². The van der Waals surface area contributed by atoms with E-state index in [1.54, 1.807) is 33.3 Å². The van der Waals surface area contributed by atoms with E-state index in [-0.39, 0.29) is 0 Å². The predicted molar refractivity (Wildman–Crippen MR) is 85.0 cm³/mol. The molecule has 0 bridgehead atoms. The lowest BCUT2D eigenvalue weighted by Gasteiger charge is -2.14. The monoisotopic (exact) mass is 301 g/mol. The number of ether oxygens (including phenoxy) is 2. The lowest BCUT2D eigenvalue weighted by molar-refractivity contribution is 0.0696. The third kappa shape index (κ3) is 3.31. The Labute approximate surface area is 129 Å². The summed E-state index contributed by atoms with van der Waals surface area (Å²) in [5, 5.41) is 12.4. The lowest BCUT2D eigenvalue weighted by atomic mass is 10.1. The Hall–Kier alpha value is -2.69. The molecule has 0 atom stereocenters. The van der Waals surface area contributed by atoms with E-state index in [9.17, 15) is 4.79 Å². The standard InChI is InChI=1S/C17H19NO4/c1-11-14(17(19)20)5-4-6-15(11)18-10-12-7-8-13(21-2)9-16(12)22-3/h4-9,18H,10H2,1-3H3,(H,19,20). The molecule has 0 saturated heterocycles. The molecule has 5 heteroatoms. The number of hydrogen-bond donors (Lipinski definition) is 2. The van der Waals surface area contributed by atoms with Crippen molar-refractivity contribution >= 4 is 11.7 Å². The number of carboxylic acids is 1. The highest BCUT2D eigenvalue weighted by Gasteiger charge is 2.11. The zero-order valence-corrected chi connectivity index (χ0v) is 12.8. The number of carbonyl (C=O) groups is 1. The Morgan fingerprint density at radius 1 is 1.18 bits per heavy atom. The van der Waals surface area contributed by atoms with Crippen LogP contribution in [0.15, 0.2) is 36.4 Å². The number of aromatic carboxylic acids is 1. The van der Waals surface area contributed by atoms with Crippen LogP contribution in [0.1, 0.15) is 21.5 Å². The maximum atomic E-state index is 11.2. The van der Waals surface area contributed by atoms with Gasteiger partial charge in [0, 0.05) is 23.9 Å². The van der Waals surface area contributed by atoms with Crippen molar-refractivity contribution in [1.82, 2.24) is 0 Å². The molecule has 0 saturated carbocycles. The first-order chi connectivity index (χ1) is 10.6. The van der Waals surface area contributed by atoms with Crippen molar-refractivity contribution in [3.63, 3.8) is 0 Å². The van der Waals surface area contributed by atoms with E-state index in [1.165, 1.54) is 0 Å². The third-order valence-electron chi connectivity index (χ3n) is 3.53. The second-order valence-corrected chi connectivity index (χ2v) is 4.81. The first kappa shape index (κ1) is 15.7. The molecule has 2 rings (SSSR count). The number of nitrogens with one attached hydrogen (secondary N) is 1. The predicted octanol–water partition coefficient (Wildman–Crippen LogP) is 3.32. The number of carboxylic acid groups (broad SMARTS) is 1. The lowest BCUT2D eigenvalue weighted by Crippen LogP contribution is -2.06. The average molecular weight is 301 g/mol. The van der Waals surface area contributed by atoms with Crippen molar-refractivity contribution in [1.29, 1.82) is 0 Å². The minimum atomic E-state index is -0.928. The summed E-state index contributed by atoms with van der Waals surface area (Å²) in [7, 11) is 3.21. The Bertz CT molecular complexity index is 682. The summed E-state index contributed by atoms with van der Waals surface area (Å²) in [6, 6.07) is 10.8. The van der Waals surface area contributed by atoms with Crippen molar-refractivity contribution in [2.75, 3.05) is 19.5 Å². The molecule has 0 radical (unpaired) electrons. The van der Waals surface area contributed by atoms with E-state index in [2.05, 4.69) is 5.32 Å². The van der Waals surface area contributed by atoms with Gasteiger partial charge in [0.15, 0.2) is 0 Å². The van der Waals surface area contributed by atoms with Gasteiger partial charge in [-0.3, -0.25) is 0 Å². The van der Waals surface area contributed by atoms with Gasteiger partial charge in [-0.25, -0.2) is 4.79 Å². The van der Waals surface area contributed by atoms with Gasteiger partial charge in [-0.05, 0) is 36.8 Å². The zero-order valence-electron chi connectivity index (χ0n) is 12.8. The average Bonchev–Trinajstić information content (AvgIpc) is 2.53. The first-order valence-corrected chi connectivity index (χ1v) is 6.84. The molecule has 2 aromatic rings. The van der Waals surface area contributed by atoms with Gasteiger partial charge in [-0.1, -0.05) is 6.07 Å². The molecule has 0 aromatic heterocycles. The molecular formula is C17H19NO4. The second kappa shape index (κ2) is 6.85. The van der Waals surface area contributed by atoms with Crippen LogP contribution < -0.4 is 14.8 Å². The van der Waals surface area contributed by atoms with Crippen LogP contribution in [0.2, 0.25) is 0 Å². The molecular weight excluding hydrogens is 282 g/mol. The van der Waals surface area contributed by atoms with Crippen molar-refractivity contribution in [3.8, 4) is 11.5 Å². The Kier molecular flexibility index (Phi) is 4.88. The molecule has 5 nitrogen and oxygen atoms in total. The van der Waals surface area contributed by atoms with Crippen molar-refractivity contribution in [2.24, 2.45) is 0 Å². The number of rotatable bonds is 6. The van der Waals surface area contributed by atoms with Gasteiger partial charge in [0.05, 0.1) is 19.8 Å². The maximum Gasteiger partial charge on any atom is 0.336 e. The summed E-state index contributed by atoms with van der Waals surface area (Å²) in [6.45, 7) is 2.31. The van der Waals surface area contributed by atoms with Gasteiger partial charge in [0.1, 0.15) is 11.5 Å². The second-order valence-electron chi connectivity index (χ2n) is 4.81. The van der Waals surface area contributed by atoms with Crippen LogP contribution in [0, 0.1) is 6.92 Å². The molecule has 2 N–H and O–H groups in total. The zero-order chi connectivity index (χ0) is 16.1. The SMILES string of the molecule is COc1ccc(CNc2cccc(C(=O)O)c2C)c(OC)c1. The first-order valence-electron chi connectivity index (χ1n) is 6.84. The smallest absolute Gasteiger partial charge is 0.336 e. The van der Waals surface area contributed by atoms with E-state index < -0.39 is 5.97 Å². The minimum Gasteiger partial charge on any atom is -0.497 e. The van der Waals surface area contributed by atoms with E-state index in [1.807, 2.05) is 24.3 Å². The quantitative estimate of drug-likeness (QED) is 0.856. The van der Waals surface area contributed by atoms with Crippen LogP contribution >= 0.6 is 0 Å². The molecule has 22 heavy (non-hydrogen) atoms. The molecule has 0 spiro atoms. The van der Waals surface area contributed by atoms with Gasteiger partial charge < -0.3 is 19.9 Å². The third-order valence-corrected chi connectivity index (χ3v) is 3.53. The highest BCUT2D eigenvalue weighted by atomic mass is 16.5. The van der Waals surface area contributed by atoms with Crippen molar-refractivity contribution < 1.29 is 19.4 Å². The Morgan fingerprint density at radius 2 is 1.95 bits per heavy atom. The topological polar surface area (TPSA) is 67.8 Å². The van der Waals surface area contributed by atoms with Gasteiger partial charge in [0.2, 0.25) is 0 Å². The number of anilines is 1. The Balaban J connectivity index is 2.20. The minimum absolute atomic E-state index is 0.298. The van der Waals surface area contributed by atoms with Crippen LogP contribution in [0.5, 0.6) is 11.5 Å². The van der Waals surface area contributed by atoms with E-state index >= 15 is 0 Å². The normalized spacial score (nSPS) is 10.1. The summed E-state index contributed by atoms with van der Waals surface area (Å²) >= 11 is 0. The van der Waals surface area contributed by atoms with Gasteiger partial charge in [-0.2, -0.15) is 0 Å². The molecule has 0 amide bonds. The van der Waals surface area contributed by atoms with E-state index in [0.29, 0.717) is 17.7 Å². The summed E-state index contributed by atoms with van der Waals surface area (Å²) in [5.41, 5.74) is 2.76. The molecule has 0 fully saturated rings. The summed E-state index contributed by atoms with van der Waals surface area (Å²) in [6.07, 6.45) is 0. The summed E-state index contributed by atoms with van der Waals surface area (Å²) in [5.74, 6) is 0.520. The molecule has 0 aliphatic rings. The van der Waals surface area contributed by atoms with Gasteiger partial charge in [0.25, 0.3) is 0 Å². The molecule has 0 unspecified atom stereocenters. The van der Waals surface area contributed by atoms with Crippen LogP contribution in [0.3, 0.4) is 0 Å². The molecule has 0 heterocycles. The number of methoxy groups -OCH3 is 2. The van der Waals surface area contributed by atoms with Crippen LogP contribution in [-0.2, 0) is 6.54 Å². The van der Waals surface area contributed by atoms with Gasteiger partial charge in [-0.15, -0.1) is 0 Å². The number of hydrogen-bond acceptors (Lipinski definition) is 4.